The maximum absolute atomic E-state index is 13.6. The van der Waals surface area contributed by atoms with Crippen LogP contribution in [0, 0.1) is 5.82 Å². The van der Waals surface area contributed by atoms with E-state index in [1.807, 2.05) is 30.3 Å². The van der Waals surface area contributed by atoms with Crippen LogP contribution in [0.25, 0.3) is 5.69 Å². The van der Waals surface area contributed by atoms with Gasteiger partial charge in [-0.15, -0.1) is 0 Å². The standard InChI is InChI=1S/C16H14FN3O/c17-14-9-5-4-6-12(14)10-16(21)15-11-18-20(19-15)13-7-2-1-3-8-13/h1-9,11,16,21H,10H2. The predicted octanol–water partition coefficient (Wildman–Crippen LogP) is 2.68. The summed E-state index contributed by atoms with van der Waals surface area (Å²) in [6, 6.07) is 15.8. The minimum absolute atomic E-state index is 0.167. The fourth-order valence-corrected chi connectivity index (χ4v) is 2.09. The molecule has 1 atom stereocenters. The topological polar surface area (TPSA) is 50.9 Å². The van der Waals surface area contributed by atoms with Crippen LogP contribution in [-0.2, 0) is 6.42 Å². The number of para-hydroxylation sites is 1. The van der Waals surface area contributed by atoms with E-state index in [4.69, 9.17) is 0 Å². The molecule has 0 aliphatic carbocycles. The van der Waals surface area contributed by atoms with Crippen LogP contribution in [0.1, 0.15) is 17.4 Å². The van der Waals surface area contributed by atoms with Crippen molar-refractivity contribution in [2.24, 2.45) is 0 Å². The minimum atomic E-state index is -0.889. The molecule has 1 heterocycles. The lowest BCUT2D eigenvalue weighted by Gasteiger charge is -2.08. The monoisotopic (exact) mass is 283 g/mol. The molecule has 1 aromatic heterocycles. The number of hydrogen-bond acceptors (Lipinski definition) is 3. The molecule has 0 radical (unpaired) electrons. The van der Waals surface area contributed by atoms with Crippen LogP contribution in [0.3, 0.4) is 0 Å². The first-order chi connectivity index (χ1) is 10.2. The highest BCUT2D eigenvalue weighted by Crippen LogP contribution is 2.18. The molecule has 0 amide bonds. The first-order valence-corrected chi connectivity index (χ1v) is 6.63. The van der Waals surface area contributed by atoms with Crippen molar-refractivity contribution in [1.29, 1.82) is 0 Å². The normalized spacial score (nSPS) is 12.3. The Morgan fingerprint density at radius 2 is 1.76 bits per heavy atom. The Hall–Kier alpha value is -2.53. The number of aromatic nitrogens is 3. The second kappa shape index (κ2) is 5.85. The van der Waals surface area contributed by atoms with E-state index in [0.717, 1.165) is 5.69 Å². The highest BCUT2D eigenvalue weighted by atomic mass is 19.1. The molecule has 4 nitrogen and oxygen atoms in total. The average molecular weight is 283 g/mol. The maximum Gasteiger partial charge on any atom is 0.126 e. The van der Waals surface area contributed by atoms with Crippen LogP contribution >= 0.6 is 0 Å². The highest BCUT2D eigenvalue weighted by molar-refractivity contribution is 5.28. The first-order valence-electron chi connectivity index (χ1n) is 6.63. The number of aliphatic hydroxyl groups excluding tert-OH is 1. The molecule has 0 saturated heterocycles. The van der Waals surface area contributed by atoms with Crippen molar-refractivity contribution in [2.75, 3.05) is 0 Å². The number of nitrogens with zero attached hydrogens (tertiary/aromatic N) is 3. The zero-order valence-electron chi connectivity index (χ0n) is 11.2. The zero-order chi connectivity index (χ0) is 14.7. The molecule has 0 spiro atoms. The van der Waals surface area contributed by atoms with Gasteiger partial charge in [-0.05, 0) is 23.8 Å². The van der Waals surface area contributed by atoms with E-state index in [-0.39, 0.29) is 12.2 Å². The summed E-state index contributed by atoms with van der Waals surface area (Å²) in [5.74, 6) is -0.327. The van der Waals surface area contributed by atoms with Gasteiger partial charge < -0.3 is 5.11 Å². The Morgan fingerprint density at radius 1 is 1.05 bits per heavy atom. The van der Waals surface area contributed by atoms with Crippen molar-refractivity contribution >= 4 is 0 Å². The van der Waals surface area contributed by atoms with E-state index < -0.39 is 6.10 Å². The lowest BCUT2D eigenvalue weighted by molar-refractivity contribution is 0.172. The smallest absolute Gasteiger partial charge is 0.126 e. The van der Waals surface area contributed by atoms with E-state index in [0.29, 0.717) is 11.3 Å². The molecule has 3 aromatic rings. The zero-order valence-corrected chi connectivity index (χ0v) is 11.2. The summed E-state index contributed by atoms with van der Waals surface area (Å²) in [4.78, 5) is 1.44. The minimum Gasteiger partial charge on any atom is -0.386 e. The molecule has 1 N–H and O–H groups in total. The number of aliphatic hydroxyl groups is 1. The summed E-state index contributed by atoms with van der Waals surface area (Å²) < 4.78 is 13.6. The number of benzene rings is 2. The van der Waals surface area contributed by atoms with Crippen molar-refractivity contribution in [3.8, 4) is 5.69 Å². The Morgan fingerprint density at radius 3 is 2.52 bits per heavy atom. The van der Waals surface area contributed by atoms with Crippen LogP contribution in [0.4, 0.5) is 4.39 Å². The molecule has 21 heavy (non-hydrogen) atoms. The Kier molecular flexibility index (Phi) is 3.75. The molecular weight excluding hydrogens is 269 g/mol. The third kappa shape index (κ3) is 2.98. The summed E-state index contributed by atoms with van der Waals surface area (Å²) >= 11 is 0. The van der Waals surface area contributed by atoms with Gasteiger partial charge in [0, 0.05) is 6.42 Å². The quantitative estimate of drug-likeness (QED) is 0.801. The molecule has 3 rings (SSSR count). The molecule has 0 saturated carbocycles. The second-order valence-electron chi connectivity index (χ2n) is 4.71. The maximum atomic E-state index is 13.6. The summed E-state index contributed by atoms with van der Waals surface area (Å²) in [6.07, 6.45) is 0.776. The van der Waals surface area contributed by atoms with E-state index in [2.05, 4.69) is 10.2 Å². The average Bonchev–Trinajstić information content (AvgIpc) is 3.00. The molecule has 0 fully saturated rings. The van der Waals surface area contributed by atoms with Crippen molar-refractivity contribution in [3.63, 3.8) is 0 Å². The molecule has 1 unspecified atom stereocenters. The number of rotatable bonds is 4. The molecule has 5 heteroatoms. The van der Waals surface area contributed by atoms with Crippen molar-refractivity contribution in [3.05, 3.63) is 77.9 Å². The first kappa shape index (κ1) is 13.5. The van der Waals surface area contributed by atoms with Gasteiger partial charge in [0.1, 0.15) is 17.6 Å². The summed E-state index contributed by atoms with van der Waals surface area (Å²) in [5.41, 5.74) is 1.68. The summed E-state index contributed by atoms with van der Waals surface area (Å²) in [6.45, 7) is 0. The lowest BCUT2D eigenvalue weighted by atomic mass is 10.1. The van der Waals surface area contributed by atoms with Gasteiger partial charge in [-0.3, -0.25) is 0 Å². The van der Waals surface area contributed by atoms with E-state index >= 15 is 0 Å². The van der Waals surface area contributed by atoms with Gasteiger partial charge in [0.25, 0.3) is 0 Å². The van der Waals surface area contributed by atoms with E-state index in [9.17, 15) is 9.50 Å². The number of halogens is 1. The van der Waals surface area contributed by atoms with Crippen LogP contribution in [0.15, 0.2) is 60.8 Å². The van der Waals surface area contributed by atoms with Gasteiger partial charge in [-0.1, -0.05) is 36.4 Å². The molecule has 0 bridgehead atoms. The van der Waals surface area contributed by atoms with Gasteiger partial charge in [0.15, 0.2) is 0 Å². The molecule has 106 valence electrons. The molecule has 0 aliphatic heterocycles. The van der Waals surface area contributed by atoms with Crippen LogP contribution in [-0.4, -0.2) is 20.1 Å². The summed E-state index contributed by atoms with van der Waals surface area (Å²) in [7, 11) is 0. The lowest BCUT2D eigenvalue weighted by Crippen LogP contribution is -2.05. The van der Waals surface area contributed by atoms with Gasteiger partial charge in [0.2, 0.25) is 0 Å². The van der Waals surface area contributed by atoms with Gasteiger partial charge >= 0.3 is 0 Å². The Labute approximate surface area is 121 Å². The summed E-state index contributed by atoms with van der Waals surface area (Å²) in [5, 5.41) is 18.5. The Bertz CT molecular complexity index is 727. The van der Waals surface area contributed by atoms with Crippen LogP contribution in [0.5, 0.6) is 0 Å². The highest BCUT2D eigenvalue weighted by Gasteiger charge is 2.15. The Balaban J connectivity index is 1.79. The SMILES string of the molecule is OC(Cc1ccccc1F)c1cnn(-c2ccccc2)n1. The van der Waals surface area contributed by atoms with Gasteiger partial charge in [-0.25, -0.2) is 4.39 Å². The number of hydrogen-bond donors (Lipinski definition) is 1. The van der Waals surface area contributed by atoms with Gasteiger partial charge in [-0.2, -0.15) is 15.0 Å². The van der Waals surface area contributed by atoms with E-state index in [1.54, 1.807) is 18.2 Å². The van der Waals surface area contributed by atoms with Crippen molar-refractivity contribution in [2.45, 2.75) is 12.5 Å². The van der Waals surface area contributed by atoms with E-state index in [1.165, 1.54) is 17.1 Å². The second-order valence-corrected chi connectivity index (χ2v) is 4.71. The fraction of sp³-hybridized carbons (Fsp3) is 0.125. The fourth-order valence-electron chi connectivity index (χ4n) is 2.09. The third-order valence-corrected chi connectivity index (χ3v) is 3.21. The largest absolute Gasteiger partial charge is 0.386 e. The van der Waals surface area contributed by atoms with Crippen molar-refractivity contribution < 1.29 is 9.50 Å². The third-order valence-electron chi connectivity index (χ3n) is 3.21. The molecule has 0 aliphatic rings. The van der Waals surface area contributed by atoms with Gasteiger partial charge in [0.05, 0.1) is 11.9 Å². The van der Waals surface area contributed by atoms with Crippen LogP contribution < -0.4 is 0 Å². The molecular formula is C16H14FN3O. The van der Waals surface area contributed by atoms with Crippen molar-refractivity contribution in [1.82, 2.24) is 15.0 Å². The van der Waals surface area contributed by atoms with Crippen LogP contribution in [0.2, 0.25) is 0 Å². The predicted molar refractivity (Wildman–Crippen MR) is 76.4 cm³/mol. The molecule has 2 aromatic carbocycles.